The molecule has 1 N–H and O–H groups in total. The second-order valence-corrected chi connectivity index (χ2v) is 5.57. The van der Waals surface area contributed by atoms with Gasteiger partial charge in [0.25, 0.3) is 0 Å². The molecule has 0 unspecified atom stereocenters. The van der Waals surface area contributed by atoms with Gasteiger partial charge in [0.15, 0.2) is 0 Å². The summed E-state index contributed by atoms with van der Waals surface area (Å²) >= 11 is 0. The van der Waals surface area contributed by atoms with Crippen LogP contribution >= 0.6 is 0 Å². The number of aryl methyl sites for hydroxylation is 2. The quantitative estimate of drug-likeness (QED) is 0.440. The molecule has 0 radical (unpaired) electrons. The minimum atomic E-state index is -0.783. The number of methoxy groups -OCH3 is 1. The number of aromatic amines is 1. The first kappa shape index (κ1) is 16.5. The molecule has 0 spiro atoms. The van der Waals surface area contributed by atoms with Crippen molar-refractivity contribution in [1.82, 2.24) is 5.27 Å². The monoisotopic (exact) mass is 339 g/mol. The third-order valence-electron chi connectivity index (χ3n) is 3.75. The topological polar surface area (TPSA) is 94.5 Å². The number of hydrogen-bond acceptors (Lipinski definition) is 5. The van der Waals surface area contributed by atoms with E-state index in [-0.39, 0.29) is 5.69 Å². The van der Waals surface area contributed by atoms with Gasteiger partial charge in [0.2, 0.25) is 5.69 Å². The van der Waals surface area contributed by atoms with Crippen molar-refractivity contribution in [3.8, 4) is 11.4 Å². The van der Waals surface area contributed by atoms with E-state index in [1.165, 1.54) is 4.68 Å². The molecule has 25 heavy (non-hydrogen) atoms. The highest BCUT2D eigenvalue weighted by Gasteiger charge is 2.24. The number of ether oxygens (including phenoxy) is 1. The number of nitrogens with zero attached hydrogens (tertiary/aromatic N) is 2. The van der Waals surface area contributed by atoms with Gasteiger partial charge >= 0.3 is 11.3 Å². The zero-order valence-corrected chi connectivity index (χ0v) is 14.1. The van der Waals surface area contributed by atoms with Gasteiger partial charge in [-0.1, -0.05) is 17.7 Å². The number of H-pyrrole nitrogens is 1. The van der Waals surface area contributed by atoms with Crippen LogP contribution in [0, 0.1) is 13.8 Å². The van der Waals surface area contributed by atoms with Crippen LogP contribution in [-0.2, 0) is 0 Å². The van der Waals surface area contributed by atoms with E-state index in [4.69, 9.17) is 9.26 Å². The van der Waals surface area contributed by atoms with E-state index < -0.39 is 11.5 Å². The summed E-state index contributed by atoms with van der Waals surface area (Å²) in [4.78, 5) is 16.0. The highest BCUT2D eigenvalue weighted by Crippen LogP contribution is 2.19. The second kappa shape index (κ2) is 6.64. The van der Waals surface area contributed by atoms with Crippen molar-refractivity contribution < 1.29 is 19.0 Å². The van der Waals surface area contributed by atoms with Gasteiger partial charge < -0.3 is 9.84 Å². The van der Waals surface area contributed by atoms with Crippen LogP contribution in [0.15, 0.2) is 56.8 Å². The molecule has 7 nitrogen and oxygen atoms in total. The first-order valence-electron chi connectivity index (χ1n) is 7.61. The Labute approximate surface area is 143 Å². The Morgan fingerprint density at radius 2 is 1.92 bits per heavy atom. The van der Waals surface area contributed by atoms with Crippen LogP contribution in [0.3, 0.4) is 0 Å². The molecule has 1 heterocycles. The fraction of sp³-hybridized carbons (Fsp3) is 0.167. The van der Waals surface area contributed by atoms with Gasteiger partial charge in [0, 0.05) is 12.1 Å². The second-order valence-electron chi connectivity index (χ2n) is 5.57. The minimum absolute atomic E-state index is 0.204. The number of hydrogen-bond donors (Lipinski definition) is 1. The van der Waals surface area contributed by atoms with Gasteiger partial charge in [-0.25, -0.2) is 4.79 Å². The van der Waals surface area contributed by atoms with Crippen molar-refractivity contribution in [2.24, 2.45) is 4.99 Å². The van der Waals surface area contributed by atoms with Crippen LogP contribution in [0.4, 0.5) is 5.69 Å². The Bertz CT molecular complexity index is 984. The van der Waals surface area contributed by atoms with Gasteiger partial charge in [0.1, 0.15) is 5.75 Å². The van der Waals surface area contributed by atoms with Crippen LogP contribution in [0.1, 0.15) is 16.8 Å². The molecule has 0 atom stereocenters. The predicted octanol–water partition coefficient (Wildman–Crippen LogP) is 1.31. The first-order chi connectivity index (χ1) is 12.0. The third-order valence-corrected chi connectivity index (χ3v) is 3.75. The highest BCUT2D eigenvalue weighted by atomic mass is 16.5. The zero-order valence-electron chi connectivity index (χ0n) is 14.1. The fourth-order valence-corrected chi connectivity index (χ4v) is 2.46. The molecule has 0 amide bonds. The van der Waals surface area contributed by atoms with Gasteiger partial charge in [0.05, 0.1) is 18.7 Å². The van der Waals surface area contributed by atoms with Gasteiger partial charge in [-0.2, -0.15) is 0 Å². The number of aliphatic imine (C=N–C) groups is 1. The SMILES string of the molecule is COc1ccc(-[n+]2[nH]oc(=O)c2C([O-])=Nc2ccc(C)cc2C)cc1. The molecule has 7 heteroatoms. The van der Waals surface area contributed by atoms with Crippen LogP contribution in [-0.4, -0.2) is 18.3 Å². The van der Waals surface area contributed by atoms with Gasteiger partial charge in [-0.3, -0.25) is 9.52 Å². The van der Waals surface area contributed by atoms with Gasteiger partial charge in [-0.15, -0.1) is 0 Å². The molecule has 3 aromatic rings. The van der Waals surface area contributed by atoms with Crippen LogP contribution in [0.2, 0.25) is 0 Å². The Morgan fingerprint density at radius 1 is 1.20 bits per heavy atom. The van der Waals surface area contributed by atoms with E-state index in [9.17, 15) is 9.90 Å². The largest absolute Gasteiger partial charge is 0.854 e. The number of nitrogens with one attached hydrogen (secondary N) is 1. The molecule has 1 aromatic heterocycles. The first-order valence-corrected chi connectivity index (χ1v) is 7.61. The lowest BCUT2D eigenvalue weighted by atomic mass is 10.1. The van der Waals surface area contributed by atoms with E-state index in [0.29, 0.717) is 17.1 Å². The van der Waals surface area contributed by atoms with E-state index in [0.717, 1.165) is 11.1 Å². The average molecular weight is 339 g/mol. The lowest BCUT2D eigenvalue weighted by Gasteiger charge is -2.07. The summed E-state index contributed by atoms with van der Waals surface area (Å²) in [7, 11) is 1.56. The molecule has 3 rings (SSSR count). The van der Waals surface area contributed by atoms with E-state index in [2.05, 4.69) is 10.3 Å². The fourth-order valence-electron chi connectivity index (χ4n) is 2.46. The maximum atomic E-state index is 12.6. The maximum Gasteiger partial charge on any atom is 0.436 e. The van der Waals surface area contributed by atoms with Crippen LogP contribution in [0.25, 0.3) is 5.69 Å². The Hall–Kier alpha value is -3.35. The summed E-state index contributed by atoms with van der Waals surface area (Å²) in [6, 6.07) is 12.3. The van der Waals surface area contributed by atoms with Crippen molar-refractivity contribution in [1.29, 1.82) is 0 Å². The van der Waals surface area contributed by atoms with Gasteiger partial charge in [-0.05, 0) is 47.6 Å². The summed E-state index contributed by atoms with van der Waals surface area (Å²) < 4.78 is 11.1. The van der Waals surface area contributed by atoms with E-state index in [1.807, 2.05) is 26.0 Å². The van der Waals surface area contributed by atoms with Crippen molar-refractivity contribution in [3.05, 3.63) is 69.7 Å². The summed E-state index contributed by atoms with van der Waals surface area (Å²) in [6.45, 7) is 3.81. The zero-order chi connectivity index (χ0) is 18.0. The van der Waals surface area contributed by atoms with E-state index >= 15 is 0 Å². The smallest absolute Gasteiger partial charge is 0.436 e. The summed E-state index contributed by atoms with van der Waals surface area (Å²) in [5, 5.41) is 15.0. The Balaban J connectivity index is 2.06. The average Bonchev–Trinajstić information content (AvgIpc) is 2.99. The maximum absolute atomic E-state index is 12.6. The summed E-state index contributed by atoms with van der Waals surface area (Å²) in [5.74, 6) is -0.0270. The van der Waals surface area contributed by atoms with E-state index in [1.54, 1.807) is 37.4 Å². The molecule has 0 saturated carbocycles. The van der Waals surface area contributed by atoms with Crippen molar-refractivity contribution in [2.75, 3.05) is 7.11 Å². The van der Waals surface area contributed by atoms with Crippen LogP contribution < -0.4 is 20.2 Å². The standard InChI is InChI=1S/C18H17N3O4/c1-11-4-9-15(12(2)10-11)19-17(22)16-18(23)25-20-21(16)13-5-7-14(24-3)8-6-13/h4-10H,1-3H3,(H-,19,20,22,23). The molecule has 0 aliphatic carbocycles. The summed E-state index contributed by atoms with van der Waals surface area (Å²) in [5.41, 5.74) is 1.99. The highest BCUT2D eigenvalue weighted by molar-refractivity contribution is 5.89. The molecule has 0 saturated heterocycles. The number of rotatable bonds is 4. The van der Waals surface area contributed by atoms with Crippen molar-refractivity contribution in [3.63, 3.8) is 0 Å². The third kappa shape index (κ3) is 3.30. The van der Waals surface area contributed by atoms with Crippen molar-refractivity contribution in [2.45, 2.75) is 13.8 Å². The predicted molar refractivity (Wildman–Crippen MR) is 89.5 cm³/mol. The molecule has 2 aromatic carbocycles. The minimum Gasteiger partial charge on any atom is -0.854 e. The molecule has 0 bridgehead atoms. The molecule has 0 aliphatic heterocycles. The molecular formula is C18H17N3O4. The van der Waals surface area contributed by atoms with Crippen LogP contribution in [0.5, 0.6) is 5.75 Å². The number of aromatic nitrogens is 2. The Kier molecular flexibility index (Phi) is 4.38. The van der Waals surface area contributed by atoms with Crippen molar-refractivity contribution >= 4 is 11.6 Å². The number of benzene rings is 2. The normalized spacial score (nSPS) is 11.6. The molecular weight excluding hydrogens is 322 g/mol. The molecule has 0 fully saturated rings. The lowest BCUT2D eigenvalue weighted by Crippen LogP contribution is -2.44. The lowest BCUT2D eigenvalue weighted by molar-refractivity contribution is -0.673. The molecule has 128 valence electrons. The molecule has 0 aliphatic rings. The Morgan fingerprint density at radius 3 is 2.56 bits per heavy atom. The summed E-state index contributed by atoms with van der Waals surface area (Å²) in [6.07, 6.45) is 0.